The highest BCUT2D eigenvalue weighted by Gasteiger charge is 2.31. The molecule has 0 unspecified atom stereocenters. The number of aryl methyl sites for hydroxylation is 1. The van der Waals surface area contributed by atoms with Gasteiger partial charge in [0.25, 0.3) is 0 Å². The maximum Gasteiger partial charge on any atom is 0.573 e. The largest absolute Gasteiger partial charge is 0.573 e. The number of hydrogen-bond acceptors (Lipinski definition) is 1. The smallest absolute Gasteiger partial charge is 0.406 e. The average Bonchev–Trinajstić information content (AvgIpc) is 2.28. The van der Waals surface area contributed by atoms with Crippen LogP contribution in [0.5, 0.6) is 5.75 Å². The quantitative estimate of drug-likeness (QED) is 0.718. The van der Waals surface area contributed by atoms with Crippen LogP contribution in [0.25, 0.3) is 11.1 Å². The minimum atomic E-state index is -4.80. The average molecular weight is 288 g/mol. The van der Waals surface area contributed by atoms with Gasteiger partial charge in [-0.1, -0.05) is 12.1 Å². The number of alkyl halides is 3. The van der Waals surface area contributed by atoms with Crippen molar-refractivity contribution in [1.29, 1.82) is 0 Å². The lowest BCUT2D eigenvalue weighted by molar-refractivity contribution is -0.274. The predicted octanol–water partition coefficient (Wildman–Crippen LogP) is 4.84. The zero-order valence-corrected chi connectivity index (χ0v) is 10.3. The number of benzene rings is 2. The molecule has 0 aliphatic rings. The van der Waals surface area contributed by atoms with Crippen LogP contribution in [0.3, 0.4) is 0 Å². The summed E-state index contributed by atoms with van der Waals surface area (Å²) in [5.74, 6) is -1.99. The summed E-state index contributed by atoms with van der Waals surface area (Å²) in [6, 6.07) is 6.63. The van der Waals surface area contributed by atoms with Gasteiger partial charge in [-0.3, -0.25) is 0 Å². The van der Waals surface area contributed by atoms with Crippen molar-refractivity contribution in [2.24, 2.45) is 0 Å². The minimum absolute atomic E-state index is 0.134. The standard InChI is InChI=1S/C14H9F5O/c1-8-6-11(15)13(12(16)7-8)9-2-4-10(5-3-9)20-14(17,18)19/h2-7H,1H3. The molecular formula is C14H9F5O. The van der Waals surface area contributed by atoms with E-state index in [9.17, 15) is 22.0 Å². The van der Waals surface area contributed by atoms with Gasteiger partial charge in [0.1, 0.15) is 17.4 Å². The molecule has 0 saturated heterocycles. The van der Waals surface area contributed by atoms with Crippen LogP contribution in [-0.4, -0.2) is 6.36 Å². The molecule has 2 aromatic carbocycles. The van der Waals surface area contributed by atoms with Crippen molar-refractivity contribution in [2.75, 3.05) is 0 Å². The van der Waals surface area contributed by atoms with Gasteiger partial charge in [-0.05, 0) is 42.3 Å². The summed E-state index contributed by atoms with van der Waals surface area (Å²) in [4.78, 5) is 0. The number of halogens is 5. The van der Waals surface area contributed by atoms with Crippen molar-refractivity contribution < 1.29 is 26.7 Å². The minimum Gasteiger partial charge on any atom is -0.406 e. The molecule has 6 heteroatoms. The molecular weight excluding hydrogens is 279 g/mol. The zero-order valence-electron chi connectivity index (χ0n) is 10.3. The first kappa shape index (κ1) is 14.3. The third kappa shape index (κ3) is 3.26. The molecule has 0 heterocycles. The Kier molecular flexibility index (Phi) is 3.65. The maximum atomic E-state index is 13.7. The Bertz CT molecular complexity index is 593. The molecule has 0 aromatic heterocycles. The van der Waals surface area contributed by atoms with Gasteiger partial charge in [-0.15, -0.1) is 13.2 Å². The lowest BCUT2D eigenvalue weighted by Gasteiger charge is -2.10. The summed E-state index contributed by atoms with van der Waals surface area (Å²) < 4.78 is 67.1. The van der Waals surface area contributed by atoms with E-state index in [2.05, 4.69) is 4.74 Å². The summed E-state index contributed by atoms with van der Waals surface area (Å²) in [5.41, 5.74) is 0.268. The Morgan fingerprint density at radius 3 is 1.85 bits per heavy atom. The Balaban J connectivity index is 2.36. The fourth-order valence-electron chi connectivity index (χ4n) is 1.80. The molecule has 0 atom stereocenters. The van der Waals surface area contributed by atoms with Gasteiger partial charge in [-0.2, -0.15) is 0 Å². The van der Waals surface area contributed by atoms with Crippen LogP contribution in [0, 0.1) is 18.6 Å². The molecule has 0 bridgehead atoms. The molecule has 0 amide bonds. The first-order valence-corrected chi connectivity index (χ1v) is 5.58. The van der Waals surface area contributed by atoms with E-state index < -0.39 is 23.7 Å². The first-order valence-electron chi connectivity index (χ1n) is 5.58. The summed E-state index contributed by atoms with van der Waals surface area (Å²) in [7, 11) is 0. The van der Waals surface area contributed by atoms with Crippen molar-refractivity contribution in [2.45, 2.75) is 13.3 Å². The van der Waals surface area contributed by atoms with Crippen LogP contribution in [0.1, 0.15) is 5.56 Å². The molecule has 0 N–H and O–H groups in total. The van der Waals surface area contributed by atoms with Gasteiger partial charge >= 0.3 is 6.36 Å². The molecule has 0 aliphatic heterocycles. The van der Waals surface area contributed by atoms with E-state index in [-0.39, 0.29) is 11.1 Å². The molecule has 0 radical (unpaired) electrons. The Hall–Kier alpha value is -2.11. The van der Waals surface area contributed by atoms with Crippen molar-refractivity contribution in [1.82, 2.24) is 0 Å². The monoisotopic (exact) mass is 288 g/mol. The van der Waals surface area contributed by atoms with E-state index in [0.717, 1.165) is 36.4 Å². The van der Waals surface area contributed by atoms with Crippen LogP contribution in [0.2, 0.25) is 0 Å². The highest BCUT2D eigenvalue weighted by atomic mass is 19.4. The number of hydrogen-bond donors (Lipinski definition) is 0. The van der Waals surface area contributed by atoms with E-state index >= 15 is 0 Å². The lowest BCUT2D eigenvalue weighted by Crippen LogP contribution is -2.16. The summed E-state index contributed by atoms with van der Waals surface area (Å²) in [5, 5.41) is 0. The molecule has 106 valence electrons. The van der Waals surface area contributed by atoms with Gasteiger partial charge in [0.2, 0.25) is 0 Å². The van der Waals surface area contributed by atoms with E-state index in [1.165, 1.54) is 6.92 Å². The van der Waals surface area contributed by atoms with Gasteiger partial charge in [-0.25, -0.2) is 8.78 Å². The molecule has 0 fully saturated rings. The summed E-state index contributed by atoms with van der Waals surface area (Å²) >= 11 is 0. The van der Waals surface area contributed by atoms with Gasteiger partial charge in [0.15, 0.2) is 0 Å². The lowest BCUT2D eigenvalue weighted by atomic mass is 10.0. The van der Waals surface area contributed by atoms with Crippen LogP contribution >= 0.6 is 0 Å². The van der Waals surface area contributed by atoms with Crippen molar-refractivity contribution >= 4 is 0 Å². The topological polar surface area (TPSA) is 9.23 Å². The van der Waals surface area contributed by atoms with E-state index in [1.54, 1.807) is 0 Å². The van der Waals surface area contributed by atoms with Gasteiger partial charge < -0.3 is 4.74 Å². The van der Waals surface area contributed by atoms with Gasteiger partial charge in [0.05, 0.1) is 5.56 Å². The fourth-order valence-corrected chi connectivity index (χ4v) is 1.80. The normalized spacial score (nSPS) is 11.5. The van der Waals surface area contributed by atoms with Gasteiger partial charge in [0, 0.05) is 0 Å². The third-order valence-electron chi connectivity index (χ3n) is 2.56. The highest BCUT2D eigenvalue weighted by Crippen LogP contribution is 2.30. The molecule has 0 aliphatic carbocycles. The van der Waals surface area contributed by atoms with E-state index in [4.69, 9.17) is 0 Å². The Morgan fingerprint density at radius 1 is 0.900 bits per heavy atom. The first-order chi connectivity index (χ1) is 9.26. The maximum absolute atomic E-state index is 13.7. The van der Waals surface area contributed by atoms with Crippen LogP contribution in [0.15, 0.2) is 36.4 Å². The van der Waals surface area contributed by atoms with Crippen LogP contribution < -0.4 is 4.74 Å². The van der Waals surface area contributed by atoms with Crippen molar-refractivity contribution in [3.05, 3.63) is 53.6 Å². The predicted molar refractivity (Wildman–Crippen MR) is 63.2 cm³/mol. The molecule has 20 heavy (non-hydrogen) atoms. The molecule has 2 rings (SSSR count). The molecule has 2 aromatic rings. The number of rotatable bonds is 2. The second-order valence-corrected chi connectivity index (χ2v) is 4.18. The second kappa shape index (κ2) is 5.11. The zero-order chi connectivity index (χ0) is 14.9. The SMILES string of the molecule is Cc1cc(F)c(-c2ccc(OC(F)(F)F)cc2)c(F)c1. The molecule has 1 nitrogen and oxygen atoms in total. The molecule has 0 spiro atoms. The van der Waals surface area contributed by atoms with E-state index in [0.29, 0.717) is 5.56 Å². The molecule has 0 saturated carbocycles. The van der Waals surface area contributed by atoms with Crippen molar-refractivity contribution in [3.8, 4) is 16.9 Å². The van der Waals surface area contributed by atoms with Crippen LogP contribution in [0.4, 0.5) is 22.0 Å². The third-order valence-corrected chi connectivity index (χ3v) is 2.56. The highest BCUT2D eigenvalue weighted by molar-refractivity contribution is 5.66. The summed E-state index contributed by atoms with van der Waals surface area (Å²) in [6.45, 7) is 1.54. The number of ether oxygens (including phenoxy) is 1. The fraction of sp³-hybridized carbons (Fsp3) is 0.143. The van der Waals surface area contributed by atoms with E-state index in [1.807, 2.05) is 0 Å². The van der Waals surface area contributed by atoms with Crippen LogP contribution in [-0.2, 0) is 0 Å². The Morgan fingerprint density at radius 2 is 1.40 bits per heavy atom. The van der Waals surface area contributed by atoms with Crippen molar-refractivity contribution in [3.63, 3.8) is 0 Å². The second-order valence-electron chi connectivity index (χ2n) is 4.18. The summed E-state index contributed by atoms with van der Waals surface area (Å²) in [6.07, 6.45) is -4.80. The Labute approximate surface area is 111 Å².